The predicted octanol–water partition coefficient (Wildman–Crippen LogP) is 5.05. The molecule has 3 aromatic rings. The summed E-state index contributed by atoms with van der Waals surface area (Å²) in [5, 5.41) is 14.8. The van der Waals surface area contributed by atoms with Crippen molar-refractivity contribution in [1.82, 2.24) is 4.90 Å². The fourth-order valence-corrected chi connectivity index (χ4v) is 4.31. The number of nitro benzene ring substituents is 1. The molecule has 8 heteroatoms. The lowest BCUT2D eigenvalue weighted by atomic mass is 9.91. The van der Waals surface area contributed by atoms with E-state index in [0.717, 1.165) is 21.3 Å². The number of hydrogen-bond acceptors (Lipinski definition) is 6. The van der Waals surface area contributed by atoms with Crippen molar-refractivity contribution in [2.45, 2.75) is 12.2 Å². The van der Waals surface area contributed by atoms with E-state index in [1.807, 2.05) is 59.5 Å². The van der Waals surface area contributed by atoms with Crippen molar-refractivity contribution in [1.29, 1.82) is 0 Å². The number of anilines is 1. The number of halogens is 1. The van der Waals surface area contributed by atoms with Crippen LogP contribution >= 0.6 is 15.9 Å². The molecule has 0 unspecified atom stereocenters. The number of non-ortho nitro benzene ring substituents is 1. The van der Waals surface area contributed by atoms with E-state index < -0.39 is 17.1 Å². The highest BCUT2D eigenvalue weighted by Crippen LogP contribution is 2.45. The fraction of sp³-hybridized carbons (Fsp3) is 0.174. The highest BCUT2D eigenvalue weighted by atomic mass is 79.9. The molecule has 0 radical (unpaired) electrons. The van der Waals surface area contributed by atoms with Gasteiger partial charge < -0.3 is 10.1 Å². The summed E-state index contributed by atoms with van der Waals surface area (Å²) in [6.45, 7) is 0.00235. The first-order valence-corrected chi connectivity index (χ1v) is 10.4. The third-order valence-electron chi connectivity index (χ3n) is 5.32. The minimum Gasteiger partial charge on any atom is -0.468 e. The van der Waals surface area contributed by atoms with Gasteiger partial charge in [0.1, 0.15) is 6.17 Å². The van der Waals surface area contributed by atoms with Crippen LogP contribution < -0.4 is 5.32 Å². The first-order valence-electron chi connectivity index (χ1n) is 9.66. The summed E-state index contributed by atoms with van der Waals surface area (Å²) in [4.78, 5) is 25.3. The highest BCUT2D eigenvalue weighted by molar-refractivity contribution is 9.10. The van der Waals surface area contributed by atoms with Gasteiger partial charge in [0.05, 0.1) is 24.6 Å². The summed E-state index contributed by atoms with van der Waals surface area (Å²) in [6.07, 6.45) is -0.474. The molecule has 1 aliphatic rings. The van der Waals surface area contributed by atoms with Gasteiger partial charge in [-0.05, 0) is 34.9 Å². The first-order chi connectivity index (χ1) is 15.0. The van der Waals surface area contributed by atoms with Gasteiger partial charge in [-0.1, -0.05) is 58.4 Å². The first kappa shape index (κ1) is 21.0. The topological polar surface area (TPSA) is 84.7 Å². The van der Waals surface area contributed by atoms with E-state index in [0.29, 0.717) is 5.56 Å². The number of esters is 1. The van der Waals surface area contributed by atoms with Crippen LogP contribution in [0.2, 0.25) is 0 Å². The molecule has 31 heavy (non-hydrogen) atoms. The van der Waals surface area contributed by atoms with Crippen LogP contribution in [-0.4, -0.2) is 29.4 Å². The van der Waals surface area contributed by atoms with Crippen molar-refractivity contribution in [3.8, 4) is 0 Å². The van der Waals surface area contributed by atoms with Crippen molar-refractivity contribution in [3.05, 3.63) is 104 Å². The van der Waals surface area contributed by atoms with Gasteiger partial charge in [0, 0.05) is 22.3 Å². The molecule has 4 rings (SSSR count). The molecule has 0 fully saturated rings. The van der Waals surface area contributed by atoms with Gasteiger partial charge in [-0.3, -0.25) is 19.8 Å². The average molecular weight is 482 g/mol. The van der Waals surface area contributed by atoms with E-state index in [1.165, 1.54) is 19.2 Å². The number of nitro groups is 1. The molecule has 7 nitrogen and oxygen atoms in total. The molecule has 1 N–H and O–H groups in total. The molecule has 0 amide bonds. The number of nitrogens with one attached hydrogen (secondary N) is 1. The van der Waals surface area contributed by atoms with E-state index >= 15 is 0 Å². The maximum atomic E-state index is 12.4. The summed E-state index contributed by atoms with van der Waals surface area (Å²) < 4.78 is 5.89. The fourth-order valence-electron chi connectivity index (χ4n) is 3.93. The van der Waals surface area contributed by atoms with Crippen molar-refractivity contribution >= 4 is 33.3 Å². The smallest absolute Gasteiger partial charge is 0.319 e. The molecule has 3 aromatic carbocycles. The van der Waals surface area contributed by atoms with E-state index in [2.05, 4.69) is 21.2 Å². The second kappa shape index (κ2) is 8.87. The number of ether oxygens (including phenoxy) is 1. The van der Waals surface area contributed by atoms with Gasteiger partial charge in [0.2, 0.25) is 0 Å². The Bertz CT molecular complexity index is 1120. The zero-order valence-electron chi connectivity index (χ0n) is 16.7. The molecule has 0 saturated heterocycles. The second-order valence-corrected chi connectivity index (χ2v) is 8.11. The Labute approximate surface area is 187 Å². The Morgan fingerprint density at radius 1 is 1.10 bits per heavy atom. The maximum absolute atomic E-state index is 12.4. The quantitative estimate of drug-likeness (QED) is 0.312. The maximum Gasteiger partial charge on any atom is 0.319 e. The minimum absolute atomic E-state index is 0.00235. The molecule has 1 aliphatic heterocycles. The predicted molar refractivity (Wildman–Crippen MR) is 121 cm³/mol. The number of fused-ring (bicyclic) bond motifs is 1. The zero-order valence-corrected chi connectivity index (χ0v) is 18.3. The van der Waals surface area contributed by atoms with Crippen LogP contribution in [0.1, 0.15) is 28.9 Å². The van der Waals surface area contributed by atoms with Gasteiger partial charge in [-0.15, -0.1) is 0 Å². The van der Waals surface area contributed by atoms with E-state index in [-0.39, 0.29) is 18.3 Å². The van der Waals surface area contributed by atoms with Crippen molar-refractivity contribution < 1.29 is 14.5 Å². The monoisotopic (exact) mass is 481 g/mol. The van der Waals surface area contributed by atoms with E-state index in [4.69, 9.17) is 4.74 Å². The van der Waals surface area contributed by atoms with Crippen molar-refractivity contribution in [3.63, 3.8) is 0 Å². The van der Waals surface area contributed by atoms with Crippen LogP contribution in [0.15, 0.2) is 77.3 Å². The normalized spacial score (nSPS) is 18.0. The molecule has 158 valence electrons. The van der Waals surface area contributed by atoms with Gasteiger partial charge in [0.25, 0.3) is 5.69 Å². The summed E-state index contributed by atoms with van der Waals surface area (Å²) in [7, 11) is 1.35. The molecular formula is C23H20BrN3O4. The molecule has 0 aliphatic carbocycles. The van der Waals surface area contributed by atoms with Crippen LogP contribution in [0.5, 0.6) is 0 Å². The van der Waals surface area contributed by atoms with Gasteiger partial charge in [-0.2, -0.15) is 0 Å². The molecule has 0 saturated carbocycles. The average Bonchev–Trinajstić information content (AvgIpc) is 2.79. The van der Waals surface area contributed by atoms with Crippen LogP contribution in [0, 0.1) is 10.1 Å². The Morgan fingerprint density at radius 2 is 1.84 bits per heavy atom. The zero-order chi connectivity index (χ0) is 22.0. The Morgan fingerprint density at radius 3 is 2.55 bits per heavy atom. The SMILES string of the molecule is COC(=O)CN1[C@@H](c2ccccc2)c2cc(Br)ccc2N[C@H]1c1cccc([N+](=O)[O-])c1. The molecule has 2 atom stereocenters. The third-order valence-corrected chi connectivity index (χ3v) is 5.81. The van der Waals surface area contributed by atoms with Crippen LogP contribution in [0.25, 0.3) is 0 Å². The molecule has 0 spiro atoms. The lowest BCUT2D eigenvalue weighted by molar-refractivity contribution is -0.384. The Hall–Kier alpha value is -3.23. The minimum atomic E-state index is -0.474. The Kier molecular flexibility index (Phi) is 6.01. The Balaban J connectivity index is 1.90. The highest BCUT2D eigenvalue weighted by Gasteiger charge is 2.37. The second-order valence-electron chi connectivity index (χ2n) is 7.19. The number of methoxy groups -OCH3 is 1. The molecule has 0 bridgehead atoms. The lowest BCUT2D eigenvalue weighted by Crippen LogP contribution is -2.44. The van der Waals surface area contributed by atoms with E-state index in [1.54, 1.807) is 6.07 Å². The largest absolute Gasteiger partial charge is 0.468 e. The summed E-state index contributed by atoms with van der Waals surface area (Å²) in [5.74, 6) is -0.392. The number of hydrogen-bond donors (Lipinski definition) is 1. The van der Waals surface area contributed by atoms with Crippen molar-refractivity contribution in [2.75, 3.05) is 19.0 Å². The van der Waals surface area contributed by atoms with Crippen LogP contribution in [0.3, 0.4) is 0 Å². The van der Waals surface area contributed by atoms with Gasteiger partial charge in [-0.25, -0.2) is 0 Å². The lowest BCUT2D eigenvalue weighted by Gasteiger charge is -2.44. The summed E-state index contributed by atoms with van der Waals surface area (Å²) in [6, 6.07) is 22.0. The molecule has 0 aromatic heterocycles. The standard InChI is InChI=1S/C23H20BrN3O4/c1-31-21(28)14-26-22(15-6-3-2-4-7-15)19-13-17(24)10-11-20(19)25-23(26)16-8-5-9-18(12-16)27(29)30/h2-13,22-23,25H,14H2,1H3/t22-,23+/m0/s1. The number of carbonyl (C=O) groups is 1. The third kappa shape index (κ3) is 4.30. The molecular weight excluding hydrogens is 462 g/mol. The number of carbonyl (C=O) groups excluding carboxylic acids is 1. The summed E-state index contributed by atoms with van der Waals surface area (Å²) >= 11 is 3.55. The number of benzene rings is 3. The van der Waals surface area contributed by atoms with E-state index in [9.17, 15) is 14.9 Å². The molecule has 1 heterocycles. The van der Waals surface area contributed by atoms with Gasteiger partial charge in [0.15, 0.2) is 0 Å². The van der Waals surface area contributed by atoms with Crippen molar-refractivity contribution in [2.24, 2.45) is 0 Å². The number of nitrogens with zero attached hydrogens (tertiary/aromatic N) is 2. The van der Waals surface area contributed by atoms with Crippen LogP contribution in [-0.2, 0) is 9.53 Å². The number of rotatable bonds is 5. The van der Waals surface area contributed by atoms with Crippen LogP contribution in [0.4, 0.5) is 11.4 Å². The summed E-state index contributed by atoms with van der Waals surface area (Å²) in [5.41, 5.74) is 3.58. The van der Waals surface area contributed by atoms with Gasteiger partial charge >= 0.3 is 5.97 Å².